The second-order valence-corrected chi connectivity index (χ2v) is 6.72. The van der Waals surface area contributed by atoms with E-state index in [0.29, 0.717) is 23.7 Å². The Morgan fingerprint density at radius 3 is 2.79 bits per heavy atom. The lowest BCUT2D eigenvalue weighted by atomic mass is 10.1. The van der Waals surface area contributed by atoms with Crippen LogP contribution in [0.5, 0.6) is 0 Å². The van der Waals surface area contributed by atoms with Gasteiger partial charge in [0.25, 0.3) is 5.91 Å². The number of rotatable bonds is 4. The number of anilines is 1. The van der Waals surface area contributed by atoms with Crippen molar-refractivity contribution in [2.75, 3.05) is 18.5 Å². The van der Waals surface area contributed by atoms with Gasteiger partial charge in [-0.3, -0.25) is 4.79 Å². The first-order valence-corrected chi connectivity index (χ1v) is 8.51. The minimum absolute atomic E-state index is 0.0601. The molecule has 0 spiro atoms. The van der Waals surface area contributed by atoms with Gasteiger partial charge < -0.3 is 9.80 Å². The predicted molar refractivity (Wildman–Crippen MR) is 94.0 cm³/mol. The molecule has 2 aromatic carbocycles. The van der Waals surface area contributed by atoms with Crippen LogP contribution in [0.3, 0.4) is 0 Å². The highest BCUT2D eigenvalue weighted by Crippen LogP contribution is 2.27. The Bertz CT molecular complexity index is 745. The number of hydrogen-bond donors (Lipinski definition) is 1. The SMILES string of the molecule is C[C@H](C(=O)N1CCc2ccccc21)[NH+](C)Cc1c(F)cccc1Cl. The first-order chi connectivity index (χ1) is 11.5. The number of benzene rings is 2. The molecule has 24 heavy (non-hydrogen) atoms. The molecule has 1 amide bonds. The van der Waals surface area contributed by atoms with E-state index in [2.05, 4.69) is 6.07 Å². The van der Waals surface area contributed by atoms with Crippen LogP contribution < -0.4 is 9.80 Å². The fraction of sp³-hybridized carbons (Fsp3) is 0.316. The van der Waals surface area contributed by atoms with Gasteiger partial charge >= 0.3 is 0 Å². The molecule has 0 saturated heterocycles. The van der Waals surface area contributed by atoms with Crippen molar-refractivity contribution in [1.29, 1.82) is 0 Å². The Kier molecular flexibility index (Phi) is 4.88. The summed E-state index contributed by atoms with van der Waals surface area (Å²) in [6.45, 7) is 2.96. The summed E-state index contributed by atoms with van der Waals surface area (Å²) in [5.41, 5.74) is 2.65. The summed E-state index contributed by atoms with van der Waals surface area (Å²) in [5, 5.41) is 0.403. The molecule has 0 bridgehead atoms. The van der Waals surface area contributed by atoms with Crippen LogP contribution in [0.15, 0.2) is 42.5 Å². The molecule has 126 valence electrons. The van der Waals surface area contributed by atoms with E-state index in [0.717, 1.165) is 17.0 Å². The standard InChI is InChI=1S/C19H20ClFN2O/c1-13(22(2)12-15-16(20)7-5-8-17(15)21)19(24)23-11-10-14-6-3-4-9-18(14)23/h3-9,13H,10-12H2,1-2H3/p+1/t13-/m1/s1. The number of hydrogen-bond acceptors (Lipinski definition) is 1. The van der Waals surface area contributed by atoms with Gasteiger partial charge in [-0.2, -0.15) is 0 Å². The number of carbonyl (C=O) groups is 1. The largest absolute Gasteiger partial charge is 0.323 e. The fourth-order valence-electron chi connectivity index (χ4n) is 3.14. The first kappa shape index (κ1) is 16.9. The van der Waals surface area contributed by atoms with E-state index in [1.807, 2.05) is 37.1 Å². The van der Waals surface area contributed by atoms with Crippen molar-refractivity contribution < 1.29 is 14.1 Å². The van der Waals surface area contributed by atoms with Gasteiger partial charge in [0, 0.05) is 12.2 Å². The number of nitrogens with zero attached hydrogens (tertiary/aromatic N) is 1. The molecule has 1 N–H and O–H groups in total. The molecule has 1 unspecified atom stereocenters. The van der Waals surface area contributed by atoms with Gasteiger partial charge in [0.1, 0.15) is 12.4 Å². The van der Waals surface area contributed by atoms with Crippen molar-refractivity contribution in [3.63, 3.8) is 0 Å². The zero-order valence-electron chi connectivity index (χ0n) is 13.9. The Labute approximate surface area is 146 Å². The van der Waals surface area contributed by atoms with Gasteiger partial charge in [-0.25, -0.2) is 4.39 Å². The van der Waals surface area contributed by atoms with Gasteiger partial charge in [-0.05, 0) is 37.1 Å². The van der Waals surface area contributed by atoms with E-state index in [1.54, 1.807) is 12.1 Å². The third-order valence-electron chi connectivity index (χ3n) is 4.78. The number of quaternary nitrogens is 1. The molecule has 1 heterocycles. The lowest BCUT2D eigenvalue weighted by Crippen LogP contribution is -3.12. The van der Waals surface area contributed by atoms with Crippen LogP contribution in [0.1, 0.15) is 18.1 Å². The second kappa shape index (κ2) is 6.91. The first-order valence-electron chi connectivity index (χ1n) is 8.13. The molecule has 3 nitrogen and oxygen atoms in total. The maximum atomic E-state index is 14.0. The zero-order valence-corrected chi connectivity index (χ0v) is 14.6. The highest BCUT2D eigenvalue weighted by molar-refractivity contribution is 6.31. The van der Waals surface area contributed by atoms with Crippen LogP contribution in [0.25, 0.3) is 0 Å². The van der Waals surface area contributed by atoms with Crippen molar-refractivity contribution in [3.8, 4) is 0 Å². The van der Waals surface area contributed by atoms with Crippen LogP contribution in [-0.4, -0.2) is 25.5 Å². The maximum Gasteiger partial charge on any atom is 0.284 e. The average Bonchev–Trinajstić information content (AvgIpc) is 3.01. The summed E-state index contributed by atoms with van der Waals surface area (Å²) >= 11 is 6.10. The highest BCUT2D eigenvalue weighted by atomic mass is 35.5. The smallest absolute Gasteiger partial charge is 0.284 e. The van der Waals surface area contributed by atoms with E-state index in [9.17, 15) is 9.18 Å². The topological polar surface area (TPSA) is 24.8 Å². The summed E-state index contributed by atoms with van der Waals surface area (Å²) in [6.07, 6.45) is 0.882. The monoisotopic (exact) mass is 347 g/mol. The van der Waals surface area contributed by atoms with E-state index in [1.165, 1.54) is 11.6 Å². The Morgan fingerprint density at radius 1 is 1.29 bits per heavy atom. The lowest BCUT2D eigenvalue weighted by molar-refractivity contribution is -0.908. The maximum absolute atomic E-state index is 14.0. The molecule has 5 heteroatoms. The minimum Gasteiger partial charge on any atom is -0.323 e. The molecule has 2 aromatic rings. The predicted octanol–water partition coefficient (Wildman–Crippen LogP) is 2.47. The molecule has 0 fully saturated rings. The molecule has 0 aliphatic carbocycles. The summed E-state index contributed by atoms with van der Waals surface area (Å²) in [7, 11) is 1.90. The Hall–Kier alpha value is -1.91. The molecule has 3 rings (SSSR count). The van der Waals surface area contributed by atoms with Crippen molar-refractivity contribution in [3.05, 3.63) is 64.4 Å². The number of amides is 1. The molecule has 2 atom stereocenters. The van der Waals surface area contributed by atoms with Crippen molar-refractivity contribution in [2.45, 2.75) is 25.9 Å². The Morgan fingerprint density at radius 2 is 2.04 bits per heavy atom. The van der Waals surface area contributed by atoms with Crippen LogP contribution in [0.4, 0.5) is 10.1 Å². The summed E-state index contributed by atoms with van der Waals surface area (Å²) in [6, 6.07) is 12.4. The lowest BCUT2D eigenvalue weighted by Gasteiger charge is -2.26. The van der Waals surface area contributed by atoms with Gasteiger partial charge in [0.2, 0.25) is 0 Å². The van der Waals surface area contributed by atoms with Crippen LogP contribution in [0, 0.1) is 5.82 Å². The van der Waals surface area contributed by atoms with Gasteiger partial charge in [0.05, 0.1) is 17.6 Å². The molecule has 1 aliphatic heterocycles. The molecular formula is C19H21ClFN2O+. The van der Waals surface area contributed by atoms with E-state index >= 15 is 0 Å². The Balaban J connectivity index is 1.74. The molecule has 0 radical (unpaired) electrons. The van der Waals surface area contributed by atoms with Gasteiger partial charge in [-0.1, -0.05) is 35.9 Å². The van der Waals surface area contributed by atoms with Crippen molar-refractivity contribution in [2.24, 2.45) is 0 Å². The van der Waals surface area contributed by atoms with Crippen LogP contribution in [-0.2, 0) is 17.8 Å². The van der Waals surface area contributed by atoms with Crippen LogP contribution >= 0.6 is 11.6 Å². The van der Waals surface area contributed by atoms with Gasteiger partial charge in [-0.15, -0.1) is 0 Å². The number of likely N-dealkylation sites (N-methyl/N-ethyl adjacent to an activating group) is 1. The molecular weight excluding hydrogens is 327 g/mol. The van der Waals surface area contributed by atoms with Crippen molar-refractivity contribution in [1.82, 2.24) is 0 Å². The summed E-state index contributed by atoms with van der Waals surface area (Å²) in [5.74, 6) is -0.266. The van der Waals surface area contributed by atoms with E-state index in [-0.39, 0.29) is 17.8 Å². The zero-order chi connectivity index (χ0) is 17.3. The van der Waals surface area contributed by atoms with E-state index in [4.69, 9.17) is 11.6 Å². The van der Waals surface area contributed by atoms with Gasteiger partial charge in [0.15, 0.2) is 6.04 Å². The highest BCUT2D eigenvalue weighted by Gasteiger charge is 2.32. The van der Waals surface area contributed by atoms with Crippen molar-refractivity contribution >= 4 is 23.2 Å². The number of fused-ring (bicyclic) bond motifs is 1. The molecule has 1 aliphatic rings. The molecule has 0 aromatic heterocycles. The number of para-hydroxylation sites is 1. The second-order valence-electron chi connectivity index (χ2n) is 6.31. The fourth-order valence-corrected chi connectivity index (χ4v) is 3.37. The third-order valence-corrected chi connectivity index (χ3v) is 5.13. The average molecular weight is 348 g/mol. The number of halogens is 2. The number of nitrogens with one attached hydrogen (secondary N) is 1. The minimum atomic E-state index is -0.326. The number of carbonyl (C=O) groups excluding carboxylic acids is 1. The van der Waals surface area contributed by atoms with Crippen LogP contribution in [0.2, 0.25) is 5.02 Å². The summed E-state index contributed by atoms with van der Waals surface area (Å²) in [4.78, 5) is 15.6. The third kappa shape index (κ3) is 3.17. The summed E-state index contributed by atoms with van der Waals surface area (Å²) < 4.78 is 14.0. The molecule has 0 saturated carbocycles. The normalized spacial score (nSPS) is 15.9. The van der Waals surface area contributed by atoms with E-state index < -0.39 is 0 Å². The quantitative estimate of drug-likeness (QED) is 0.903.